The maximum atomic E-state index is 12.5. The highest BCUT2D eigenvalue weighted by Crippen LogP contribution is 2.22. The number of halogens is 2. The molecule has 1 aromatic heterocycles. The molecule has 7 nitrogen and oxygen atoms in total. The Kier molecular flexibility index (Phi) is 7.24. The summed E-state index contributed by atoms with van der Waals surface area (Å²) in [5.41, 5.74) is 3.16. The number of H-pyrrole nitrogens is 1. The summed E-state index contributed by atoms with van der Waals surface area (Å²) in [7, 11) is 0. The Balaban J connectivity index is 0.00000261. The first-order valence-corrected chi connectivity index (χ1v) is 8.99. The smallest absolute Gasteiger partial charge is 0.276 e. The van der Waals surface area contributed by atoms with Gasteiger partial charge in [-0.15, -0.1) is 12.4 Å². The van der Waals surface area contributed by atoms with E-state index < -0.39 is 0 Å². The number of hydrogen-bond donors (Lipinski definition) is 4. The van der Waals surface area contributed by atoms with Crippen molar-refractivity contribution in [1.29, 1.82) is 0 Å². The van der Waals surface area contributed by atoms with Gasteiger partial charge in [-0.05, 0) is 24.1 Å². The number of aromatic nitrogens is 2. The second kappa shape index (κ2) is 9.21. The second-order valence-corrected chi connectivity index (χ2v) is 7.12. The SMILES string of the molecule is CC(C)CNC(=O)c1ccc(NC(=O)c2n[nH]c3c2CNCC3)cc1Cl.Cl. The van der Waals surface area contributed by atoms with Crippen LogP contribution in [0.4, 0.5) is 5.69 Å². The zero-order chi connectivity index (χ0) is 18.7. The van der Waals surface area contributed by atoms with Crippen molar-refractivity contribution < 1.29 is 9.59 Å². The van der Waals surface area contributed by atoms with Crippen LogP contribution in [0.5, 0.6) is 0 Å². The predicted molar refractivity (Wildman–Crippen MR) is 108 cm³/mol. The van der Waals surface area contributed by atoms with Gasteiger partial charge in [-0.3, -0.25) is 14.7 Å². The van der Waals surface area contributed by atoms with Crippen molar-refractivity contribution >= 4 is 41.5 Å². The van der Waals surface area contributed by atoms with E-state index >= 15 is 0 Å². The summed E-state index contributed by atoms with van der Waals surface area (Å²) in [6, 6.07) is 4.84. The molecule has 27 heavy (non-hydrogen) atoms. The van der Waals surface area contributed by atoms with E-state index in [2.05, 4.69) is 26.1 Å². The Hall–Kier alpha value is -2.09. The van der Waals surface area contributed by atoms with Crippen LogP contribution in [0, 0.1) is 5.92 Å². The van der Waals surface area contributed by atoms with Crippen molar-refractivity contribution in [3.05, 3.63) is 45.7 Å². The van der Waals surface area contributed by atoms with Gasteiger partial charge in [0, 0.05) is 43.0 Å². The fourth-order valence-electron chi connectivity index (χ4n) is 2.77. The van der Waals surface area contributed by atoms with Crippen LogP contribution in [0.15, 0.2) is 18.2 Å². The summed E-state index contributed by atoms with van der Waals surface area (Å²) < 4.78 is 0. The first-order chi connectivity index (χ1) is 12.5. The Morgan fingerprint density at radius 2 is 2.07 bits per heavy atom. The van der Waals surface area contributed by atoms with E-state index in [1.54, 1.807) is 18.2 Å². The molecular formula is C18H23Cl2N5O2. The third kappa shape index (κ3) is 5.00. The molecule has 146 valence electrons. The number of carbonyl (C=O) groups is 2. The molecule has 2 amide bonds. The van der Waals surface area contributed by atoms with Gasteiger partial charge in [0.2, 0.25) is 0 Å². The number of carbonyl (C=O) groups excluding carboxylic acids is 2. The molecule has 1 aliphatic heterocycles. The minimum absolute atomic E-state index is 0. The second-order valence-electron chi connectivity index (χ2n) is 6.71. The summed E-state index contributed by atoms with van der Waals surface area (Å²) in [4.78, 5) is 24.7. The number of benzene rings is 1. The van der Waals surface area contributed by atoms with Crippen molar-refractivity contribution in [2.24, 2.45) is 5.92 Å². The molecule has 2 heterocycles. The van der Waals surface area contributed by atoms with Crippen LogP contribution in [-0.4, -0.2) is 35.1 Å². The van der Waals surface area contributed by atoms with Crippen LogP contribution >= 0.6 is 24.0 Å². The van der Waals surface area contributed by atoms with E-state index in [-0.39, 0.29) is 29.2 Å². The lowest BCUT2D eigenvalue weighted by Gasteiger charge is -2.13. The highest BCUT2D eigenvalue weighted by Gasteiger charge is 2.22. The highest BCUT2D eigenvalue weighted by molar-refractivity contribution is 6.34. The van der Waals surface area contributed by atoms with E-state index in [9.17, 15) is 9.59 Å². The summed E-state index contributed by atoms with van der Waals surface area (Å²) >= 11 is 6.22. The van der Waals surface area contributed by atoms with Gasteiger partial charge < -0.3 is 16.0 Å². The number of amides is 2. The van der Waals surface area contributed by atoms with Crippen LogP contribution in [0.2, 0.25) is 5.02 Å². The van der Waals surface area contributed by atoms with Crippen molar-refractivity contribution in [3.63, 3.8) is 0 Å². The standard InChI is InChI=1S/C18H22ClN5O2.ClH/c1-10(2)8-21-17(25)12-4-3-11(7-14(12)19)22-18(26)16-13-9-20-6-5-15(13)23-24-16;/h3-4,7,10,20H,5-6,8-9H2,1-2H3,(H,21,25)(H,22,26)(H,23,24);1H. The molecule has 4 N–H and O–H groups in total. The van der Waals surface area contributed by atoms with Gasteiger partial charge >= 0.3 is 0 Å². The summed E-state index contributed by atoms with van der Waals surface area (Å²) in [5.74, 6) is -0.182. The van der Waals surface area contributed by atoms with Crippen LogP contribution in [0.3, 0.4) is 0 Å². The van der Waals surface area contributed by atoms with E-state index in [4.69, 9.17) is 11.6 Å². The van der Waals surface area contributed by atoms with Crippen LogP contribution in [-0.2, 0) is 13.0 Å². The third-order valence-electron chi connectivity index (χ3n) is 4.16. The Bertz CT molecular complexity index is 835. The highest BCUT2D eigenvalue weighted by atomic mass is 35.5. The molecule has 0 radical (unpaired) electrons. The monoisotopic (exact) mass is 411 g/mol. The molecule has 0 atom stereocenters. The molecule has 0 saturated heterocycles. The number of anilines is 1. The summed E-state index contributed by atoms with van der Waals surface area (Å²) in [6.45, 7) is 6.09. The molecule has 0 bridgehead atoms. The van der Waals surface area contributed by atoms with Gasteiger partial charge in [0.05, 0.1) is 10.6 Å². The molecule has 1 aromatic carbocycles. The molecule has 0 unspecified atom stereocenters. The lowest BCUT2D eigenvalue weighted by atomic mass is 10.1. The largest absolute Gasteiger partial charge is 0.352 e. The van der Waals surface area contributed by atoms with E-state index in [0.717, 1.165) is 24.2 Å². The summed E-state index contributed by atoms with van der Waals surface area (Å²) in [6.07, 6.45) is 0.821. The van der Waals surface area contributed by atoms with Crippen LogP contribution < -0.4 is 16.0 Å². The minimum Gasteiger partial charge on any atom is -0.352 e. The number of nitrogens with zero attached hydrogens (tertiary/aromatic N) is 1. The molecule has 0 saturated carbocycles. The molecule has 3 rings (SSSR count). The number of hydrogen-bond acceptors (Lipinski definition) is 4. The molecule has 0 spiro atoms. The predicted octanol–water partition coefficient (Wildman–Crippen LogP) is 2.77. The first kappa shape index (κ1) is 21.2. The average Bonchev–Trinajstić information content (AvgIpc) is 3.04. The van der Waals surface area contributed by atoms with Crippen molar-refractivity contribution in [2.75, 3.05) is 18.4 Å². The lowest BCUT2D eigenvalue weighted by molar-refractivity contribution is 0.0948. The molecule has 9 heteroatoms. The van der Waals surface area contributed by atoms with Gasteiger partial charge in [0.15, 0.2) is 5.69 Å². The van der Waals surface area contributed by atoms with Gasteiger partial charge in [-0.2, -0.15) is 5.10 Å². The van der Waals surface area contributed by atoms with Gasteiger partial charge in [0.1, 0.15) is 0 Å². The molecule has 2 aromatic rings. The number of nitrogens with one attached hydrogen (secondary N) is 4. The van der Waals surface area contributed by atoms with Crippen LogP contribution in [0.25, 0.3) is 0 Å². The third-order valence-corrected chi connectivity index (χ3v) is 4.48. The quantitative estimate of drug-likeness (QED) is 0.607. The first-order valence-electron chi connectivity index (χ1n) is 8.61. The number of fused-ring (bicyclic) bond motifs is 1. The number of rotatable bonds is 5. The van der Waals surface area contributed by atoms with Gasteiger partial charge in [0.25, 0.3) is 11.8 Å². The maximum Gasteiger partial charge on any atom is 0.276 e. The Labute approximate surface area is 169 Å². The summed E-state index contributed by atoms with van der Waals surface area (Å²) in [5, 5.41) is 16.2. The molecule has 1 aliphatic rings. The van der Waals surface area contributed by atoms with E-state index in [1.165, 1.54) is 0 Å². The normalized spacial score (nSPS) is 12.9. The zero-order valence-corrected chi connectivity index (χ0v) is 16.8. The average molecular weight is 412 g/mol. The minimum atomic E-state index is -0.306. The van der Waals surface area contributed by atoms with Gasteiger partial charge in [-0.25, -0.2) is 0 Å². The molecule has 0 aliphatic carbocycles. The van der Waals surface area contributed by atoms with Gasteiger partial charge in [-0.1, -0.05) is 25.4 Å². The lowest BCUT2D eigenvalue weighted by Crippen LogP contribution is -2.27. The molecule has 0 fully saturated rings. The zero-order valence-electron chi connectivity index (χ0n) is 15.2. The van der Waals surface area contributed by atoms with E-state index in [1.807, 2.05) is 13.8 Å². The fourth-order valence-corrected chi connectivity index (χ4v) is 3.04. The Morgan fingerprint density at radius 3 is 2.78 bits per heavy atom. The van der Waals surface area contributed by atoms with E-state index in [0.29, 0.717) is 36.0 Å². The fraction of sp³-hybridized carbons (Fsp3) is 0.389. The van der Waals surface area contributed by atoms with Crippen molar-refractivity contribution in [1.82, 2.24) is 20.8 Å². The topological polar surface area (TPSA) is 98.9 Å². The Morgan fingerprint density at radius 1 is 1.30 bits per heavy atom. The molecular weight excluding hydrogens is 389 g/mol. The maximum absolute atomic E-state index is 12.5. The van der Waals surface area contributed by atoms with Crippen molar-refractivity contribution in [2.45, 2.75) is 26.8 Å². The van der Waals surface area contributed by atoms with Crippen molar-refractivity contribution in [3.8, 4) is 0 Å². The van der Waals surface area contributed by atoms with Crippen LogP contribution in [0.1, 0.15) is 46.0 Å². The number of aromatic amines is 1.